The number of carbonyl (C=O) groups is 1. The smallest absolute Gasteiger partial charge is 0.257 e. The van der Waals surface area contributed by atoms with E-state index in [1.54, 1.807) is 17.5 Å². The van der Waals surface area contributed by atoms with Crippen LogP contribution in [0.5, 0.6) is 5.75 Å². The average Bonchev–Trinajstić information content (AvgIpc) is 3.31. The van der Waals surface area contributed by atoms with Gasteiger partial charge >= 0.3 is 0 Å². The second-order valence-corrected chi connectivity index (χ2v) is 9.10. The molecule has 0 radical (unpaired) electrons. The third-order valence-electron chi connectivity index (χ3n) is 5.84. The summed E-state index contributed by atoms with van der Waals surface area (Å²) in [6.45, 7) is 4.96. The van der Waals surface area contributed by atoms with Crippen LogP contribution in [0, 0.1) is 6.92 Å². The van der Waals surface area contributed by atoms with Crippen molar-refractivity contribution in [3.8, 4) is 5.75 Å². The van der Waals surface area contributed by atoms with Crippen molar-refractivity contribution in [1.29, 1.82) is 0 Å². The van der Waals surface area contributed by atoms with Gasteiger partial charge in [-0.2, -0.15) is 13.5 Å². The third kappa shape index (κ3) is 5.88. The predicted molar refractivity (Wildman–Crippen MR) is 140 cm³/mol. The maximum absolute atomic E-state index is 13.2. The van der Waals surface area contributed by atoms with Crippen molar-refractivity contribution in [2.45, 2.75) is 26.0 Å². The van der Waals surface area contributed by atoms with Crippen LogP contribution >= 0.6 is 24.8 Å². The van der Waals surface area contributed by atoms with Crippen molar-refractivity contribution in [3.05, 3.63) is 75.6 Å². The molecule has 1 amide bonds. The Morgan fingerprint density at radius 1 is 1.21 bits per heavy atom. The molecular formula is C25H32N4O2S2. The maximum Gasteiger partial charge on any atom is 0.257 e. The van der Waals surface area contributed by atoms with Gasteiger partial charge in [-0.3, -0.25) is 4.79 Å². The molecule has 6 nitrogen and oxygen atoms in total. The molecule has 0 unspecified atom stereocenters. The van der Waals surface area contributed by atoms with Crippen LogP contribution in [0.15, 0.2) is 54.0 Å². The van der Waals surface area contributed by atoms with Crippen LogP contribution in [0.25, 0.3) is 0 Å². The van der Waals surface area contributed by atoms with Gasteiger partial charge in [0, 0.05) is 44.2 Å². The lowest BCUT2D eigenvalue weighted by molar-refractivity contribution is 0.0754. The molecule has 3 aromatic rings. The Kier molecular flexibility index (Phi) is 8.77. The highest BCUT2D eigenvalue weighted by Crippen LogP contribution is 2.30. The molecule has 0 aliphatic carbocycles. The largest absolute Gasteiger partial charge is 0.485 e. The van der Waals surface area contributed by atoms with E-state index < -0.39 is 0 Å². The number of nitrogens with one attached hydrogen (secondary N) is 1. The molecule has 0 spiro atoms. The summed E-state index contributed by atoms with van der Waals surface area (Å²) in [6, 6.07) is 14.1. The molecule has 176 valence electrons. The van der Waals surface area contributed by atoms with E-state index in [0.717, 1.165) is 42.2 Å². The Morgan fingerprint density at radius 3 is 2.79 bits per heavy atom. The van der Waals surface area contributed by atoms with Gasteiger partial charge in [-0.05, 0) is 67.4 Å². The Hall–Kier alpha value is -2.55. The van der Waals surface area contributed by atoms with Gasteiger partial charge in [-0.25, -0.2) is 4.98 Å². The molecule has 33 heavy (non-hydrogen) atoms. The fraction of sp³-hybridized carbons (Fsp3) is 0.360. The average molecular weight is 485 g/mol. The Balaban J connectivity index is 0.00000306. The van der Waals surface area contributed by atoms with Crippen molar-refractivity contribution in [3.63, 3.8) is 0 Å². The topological polar surface area (TPSA) is 57.7 Å². The first-order valence-electron chi connectivity index (χ1n) is 11.0. The number of anilines is 1. The zero-order chi connectivity index (χ0) is 22.5. The lowest BCUT2D eigenvalue weighted by Gasteiger charge is -2.23. The number of aryl methyl sites for hydroxylation is 1. The number of carbonyl (C=O) groups excluding carboxylic acids is 1. The summed E-state index contributed by atoms with van der Waals surface area (Å²) in [5.74, 6) is 1.64. The van der Waals surface area contributed by atoms with Gasteiger partial charge in [0.05, 0.1) is 5.56 Å². The Bertz CT molecular complexity index is 1060. The lowest BCUT2D eigenvalue weighted by Crippen LogP contribution is -2.33. The van der Waals surface area contributed by atoms with Crippen molar-refractivity contribution >= 4 is 36.6 Å². The minimum Gasteiger partial charge on any atom is -0.485 e. The van der Waals surface area contributed by atoms with Gasteiger partial charge in [0.1, 0.15) is 17.7 Å². The highest BCUT2D eigenvalue weighted by atomic mass is 32.1. The molecule has 1 aromatic carbocycles. The molecule has 8 heteroatoms. The van der Waals surface area contributed by atoms with Crippen LogP contribution in [0.1, 0.15) is 38.9 Å². The summed E-state index contributed by atoms with van der Waals surface area (Å²) in [7, 11) is 3.94. The number of hydrogen-bond acceptors (Lipinski definition) is 6. The van der Waals surface area contributed by atoms with E-state index in [4.69, 9.17) is 4.74 Å². The van der Waals surface area contributed by atoms with E-state index in [2.05, 4.69) is 46.9 Å². The van der Waals surface area contributed by atoms with Gasteiger partial charge in [0.2, 0.25) is 0 Å². The molecule has 0 fully saturated rings. The first-order valence-corrected chi connectivity index (χ1v) is 11.8. The van der Waals surface area contributed by atoms with E-state index >= 15 is 0 Å². The number of rotatable bonds is 8. The summed E-state index contributed by atoms with van der Waals surface area (Å²) in [5, 5.41) is 5.30. The maximum atomic E-state index is 13.2. The number of likely N-dealkylation sites (N-methyl/N-ethyl adjacent to an activating group) is 1. The second-order valence-electron chi connectivity index (χ2n) is 8.13. The van der Waals surface area contributed by atoms with Crippen molar-refractivity contribution in [2.75, 3.05) is 38.6 Å². The van der Waals surface area contributed by atoms with Crippen LogP contribution in [0.2, 0.25) is 0 Å². The Morgan fingerprint density at radius 2 is 2.06 bits per heavy atom. The molecule has 0 saturated heterocycles. The zero-order valence-electron chi connectivity index (χ0n) is 19.4. The number of amides is 1. The fourth-order valence-electron chi connectivity index (χ4n) is 3.97. The molecule has 0 bridgehead atoms. The highest BCUT2D eigenvalue weighted by Gasteiger charge is 2.26. The summed E-state index contributed by atoms with van der Waals surface area (Å²) in [5.41, 5.74) is 2.91. The van der Waals surface area contributed by atoms with Crippen LogP contribution < -0.4 is 15.0 Å². The second kappa shape index (κ2) is 11.5. The summed E-state index contributed by atoms with van der Waals surface area (Å²) >= 11 is 1.72. The van der Waals surface area contributed by atoms with Crippen LogP contribution in [-0.2, 0) is 6.54 Å². The van der Waals surface area contributed by atoms with Gasteiger partial charge in [0.15, 0.2) is 0 Å². The quantitative estimate of drug-likeness (QED) is 0.514. The SMILES string of the molecule is CNCC[C@H](Oc1ccc(CN2CCN(C)c3ncccc3C2=O)c(C)c1)c1cccs1.S. The molecular weight excluding hydrogens is 452 g/mol. The molecule has 2 aromatic heterocycles. The van der Waals surface area contributed by atoms with Gasteiger partial charge < -0.3 is 19.9 Å². The number of pyridine rings is 1. The molecule has 0 saturated carbocycles. The minimum atomic E-state index is 0. The normalized spacial score (nSPS) is 14.3. The number of thiophene rings is 1. The molecule has 1 N–H and O–H groups in total. The van der Waals surface area contributed by atoms with Crippen molar-refractivity contribution < 1.29 is 9.53 Å². The first-order chi connectivity index (χ1) is 15.6. The van der Waals surface area contributed by atoms with Gasteiger partial charge in [-0.1, -0.05) is 12.1 Å². The molecule has 3 heterocycles. The van der Waals surface area contributed by atoms with E-state index in [0.29, 0.717) is 18.7 Å². The number of nitrogens with zero attached hydrogens (tertiary/aromatic N) is 3. The van der Waals surface area contributed by atoms with Gasteiger partial charge in [-0.15, -0.1) is 11.3 Å². The van der Waals surface area contributed by atoms with Gasteiger partial charge in [0.25, 0.3) is 5.91 Å². The van der Waals surface area contributed by atoms with E-state index in [9.17, 15) is 4.79 Å². The fourth-order valence-corrected chi connectivity index (χ4v) is 4.75. The number of hydrogen-bond donors (Lipinski definition) is 1. The number of benzene rings is 1. The number of ether oxygens (including phenoxy) is 1. The summed E-state index contributed by atoms with van der Waals surface area (Å²) in [4.78, 5) is 22.8. The monoisotopic (exact) mass is 484 g/mol. The van der Waals surface area contributed by atoms with Crippen molar-refractivity contribution in [1.82, 2.24) is 15.2 Å². The molecule has 1 aliphatic rings. The highest BCUT2D eigenvalue weighted by molar-refractivity contribution is 7.59. The molecule has 1 atom stereocenters. The summed E-state index contributed by atoms with van der Waals surface area (Å²) in [6.07, 6.45) is 2.67. The minimum absolute atomic E-state index is 0. The van der Waals surface area contributed by atoms with E-state index in [1.165, 1.54) is 4.88 Å². The predicted octanol–water partition coefficient (Wildman–Crippen LogP) is 4.39. The lowest BCUT2D eigenvalue weighted by atomic mass is 10.1. The Labute approximate surface area is 207 Å². The van der Waals surface area contributed by atoms with Crippen LogP contribution in [0.4, 0.5) is 5.82 Å². The first kappa shape index (κ1) is 25.1. The van der Waals surface area contributed by atoms with E-state index in [1.807, 2.05) is 42.1 Å². The molecule has 4 rings (SSSR count). The molecule has 1 aliphatic heterocycles. The number of fused-ring (bicyclic) bond motifs is 1. The van der Waals surface area contributed by atoms with E-state index in [-0.39, 0.29) is 25.5 Å². The van der Waals surface area contributed by atoms with Crippen LogP contribution in [-0.4, -0.2) is 49.5 Å². The zero-order valence-corrected chi connectivity index (χ0v) is 21.2. The standard InChI is InChI=1S/C25H30N4O2S.H2S/c1-18-16-20(31-22(10-12-26-2)23-7-5-15-32-23)9-8-19(18)17-29-14-13-28(3)24-21(25(29)30)6-4-11-27-24;/h4-9,11,15-16,22,26H,10,12-14,17H2,1-3H3;1H2/t22-;/m0./s1. The summed E-state index contributed by atoms with van der Waals surface area (Å²) < 4.78 is 6.36. The van der Waals surface area contributed by atoms with Crippen LogP contribution in [0.3, 0.4) is 0 Å². The third-order valence-corrected chi connectivity index (χ3v) is 6.81. The number of aromatic nitrogens is 1. The van der Waals surface area contributed by atoms with Crippen molar-refractivity contribution in [2.24, 2.45) is 0 Å².